The molecule has 4 saturated carbocycles. The van der Waals surface area contributed by atoms with Crippen molar-refractivity contribution in [3.8, 4) is 0 Å². The molecule has 4 aliphatic carbocycles. The normalized spacial score (nSPS) is 38.1. The van der Waals surface area contributed by atoms with E-state index in [4.69, 9.17) is 4.74 Å². The minimum Gasteiger partial charge on any atom is -0.382 e. The van der Waals surface area contributed by atoms with Crippen molar-refractivity contribution in [2.45, 2.75) is 44.8 Å². The van der Waals surface area contributed by atoms with Crippen LogP contribution in [-0.2, 0) is 11.3 Å². The van der Waals surface area contributed by atoms with Crippen LogP contribution in [0.25, 0.3) is 0 Å². The summed E-state index contributed by atoms with van der Waals surface area (Å²) < 4.78 is 5.24. The monoisotopic (exact) mass is 271 g/mol. The maximum atomic E-state index is 5.24. The first-order valence-electron chi connectivity index (χ1n) is 8.16. The van der Waals surface area contributed by atoms with E-state index in [-0.39, 0.29) is 0 Å². The van der Waals surface area contributed by atoms with Crippen molar-refractivity contribution >= 4 is 5.69 Å². The highest BCUT2D eigenvalue weighted by Gasteiger charge is 2.48. The Kier molecular flexibility index (Phi) is 3.22. The number of methoxy groups -OCH3 is 1. The van der Waals surface area contributed by atoms with Crippen LogP contribution in [-0.4, -0.2) is 13.2 Å². The van der Waals surface area contributed by atoms with E-state index < -0.39 is 0 Å². The van der Waals surface area contributed by atoms with Gasteiger partial charge in [0.2, 0.25) is 0 Å². The molecule has 4 fully saturated rings. The third-order valence-corrected chi connectivity index (χ3v) is 5.80. The van der Waals surface area contributed by atoms with Gasteiger partial charge in [-0.3, -0.25) is 0 Å². The molecule has 1 aromatic carbocycles. The zero-order valence-electron chi connectivity index (χ0n) is 12.3. The van der Waals surface area contributed by atoms with Crippen molar-refractivity contribution in [2.24, 2.45) is 23.7 Å². The SMILES string of the molecule is COCc1cccc(NC2C3CC4CC(C3)CC2C4)c1. The molecule has 0 radical (unpaired) electrons. The molecule has 5 rings (SSSR count). The molecule has 0 spiro atoms. The first kappa shape index (κ1) is 12.7. The van der Waals surface area contributed by atoms with Crippen LogP contribution in [0, 0.1) is 23.7 Å². The van der Waals surface area contributed by atoms with E-state index >= 15 is 0 Å². The first-order chi connectivity index (χ1) is 9.81. The number of nitrogens with one attached hydrogen (secondary N) is 1. The maximum Gasteiger partial charge on any atom is 0.0713 e. The topological polar surface area (TPSA) is 21.3 Å². The summed E-state index contributed by atoms with van der Waals surface area (Å²) in [6.45, 7) is 0.706. The molecular formula is C18H25NO. The van der Waals surface area contributed by atoms with Crippen molar-refractivity contribution in [1.29, 1.82) is 0 Å². The van der Waals surface area contributed by atoms with Gasteiger partial charge in [0.15, 0.2) is 0 Å². The Bertz CT molecular complexity index is 456. The Labute approximate surface area is 121 Å². The lowest BCUT2D eigenvalue weighted by Crippen LogP contribution is -2.51. The van der Waals surface area contributed by atoms with Gasteiger partial charge in [0, 0.05) is 18.8 Å². The van der Waals surface area contributed by atoms with Gasteiger partial charge < -0.3 is 10.1 Å². The van der Waals surface area contributed by atoms with Crippen LogP contribution in [0.4, 0.5) is 5.69 Å². The summed E-state index contributed by atoms with van der Waals surface area (Å²) in [6, 6.07) is 9.48. The highest BCUT2D eigenvalue weighted by molar-refractivity contribution is 5.47. The van der Waals surface area contributed by atoms with Gasteiger partial charge >= 0.3 is 0 Å². The fourth-order valence-electron chi connectivity index (χ4n) is 5.27. The second-order valence-corrected chi connectivity index (χ2v) is 7.23. The molecule has 1 N–H and O–H groups in total. The van der Waals surface area contributed by atoms with E-state index in [1.165, 1.54) is 43.4 Å². The fraction of sp³-hybridized carbons (Fsp3) is 0.667. The van der Waals surface area contributed by atoms with E-state index in [9.17, 15) is 0 Å². The van der Waals surface area contributed by atoms with Crippen LogP contribution < -0.4 is 5.32 Å². The van der Waals surface area contributed by atoms with Gasteiger partial charge in [-0.05, 0) is 73.5 Å². The van der Waals surface area contributed by atoms with E-state index in [1.807, 2.05) is 0 Å². The molecular weight excluding hydrogens is 246 g/mol. The number of anilines is 1. The third-order valence-electron chi connectivity index (χ3n) is 5.80. The summed E-state index contributed by atoms with van der Waals surface area (Å²) in [6.07, 6.45) is 7.43. The number of benzene rings is 1. The highest BCUT2D eigenvalue weighted by atomic mass is 16.5. The second kappa shape index (κ2) is 5.07. The minimum absolute atomic E-state index is 0.706. The second-order valence-electron chi connectivity index (χ2n) is 7.23. The number of hydrogen-bond acceptors (Lipinski definition) is 2. The number of ether oxygens (including phenoxy) is 1. The quantitative estimate of drug-likeness (QED) is 0.891. The minimum atomic E-state index is 0.706. The van der Waals surface area contributed by atoms with Crippen LogP contribution >= 0.6 is 0 Å². The molecule has 108 valence electrons. The van der Waals surface area contributed by atoms with E-state index in [2.05, 4.69) is 29.6 Å². The standard InChI is InChI=1S/C18H25NO/c1-20-11-12-3-2-4-17(10-12)19-18-15-6-13-5-14(8-15)9-16(18)7-13/h2-4,10,13-16,18-19H,5-9,11H2,1H3. The Balaban J connectivity index is 1.50. The predicted molar refractivity (Wildman–Crippen MR) is 81.6 cm³/mol. The Hall–Kier alpha value is -1.02. The van der Waals surface area contributed by atoms with E-state index in [0.717, 1.165) is 29.7 Å². The molecule has 1 aromatic rings. The smallest absolute Gasteiger partial charge is 0.0713 e. The Morgan fingerprint density at radius 1 is 1.05 bits per heavy atom. The molecule has 2 nitrogen and oxygen atoms in total. The molecule has 4 bridgehead atoms. The predicted octanol–water partition coefficient (Wildman–Crippen LogP) is 4.07. The summed E-state index contributed by atoms with van der Waals surface area (Å²) >= 11 is 0. The average molecular weight is 271 g/mol. The van der Waals surface area contributed by atoms with Crippen LogP contribution in [0.15, 0.2) is 24.3 Å². The molecule has 0 amide bonds. The number of rotatable bonds is 4. The lowest BCUT2D eigenvalue weighted by atomic mass is 9.54. The van der Waals surface area contributed by atoms with Crippen molar-refractivity contribution in [2.75, 3.05) is 12.4 Å². The van der Waals surface area contributed by atoms with E-state index in [0.29, 0.717) is 6.61 Å². The van der Waals surface area contributed by atoms with Gasteiger partial charge in [0.05, 0.1) is 6.61 Å². The van der Waals surface area contributed by atoms with Crippen LogP contribution in [0.5, 0.6) is 0 Å². The van der Waals surface area contributed by atoms with Gasteiger partial charge in [-0.2, -0.15) is 0 Å². The molecule has 0 atom stereocenters. The van der Waals surface area contributed by atoms with Crippen molar-refractivity contribution in [3.63, 3.8) is 0 Å². The van der Waals surface area contributed by atoms with Crippen LogP contribution in [0.1, 0.15) is 37.7 Å². The van der Waals surface area contributed by atoms with Crippen LogP contribution in [0.3, 0.4) is 0 Å². The summed E-state index contributed by atoms with van der Waals surface area (Å²) in [5.74, 6) is 3.96. The van der Waals surface area contributed by atoms with Crippen molar-refractivity contribution in [3.05, 3.63) is 29.8 Å². The molecule has 0 unspecified atom stereocenters. The fourth-order valence-corrected chi connectivity index (χ4v) is 5.27. The largest absolute Gasteiger partial charge is 0.382 e. The molecule has 0 saturated heterocycles. The van der Waals surface area contributed by atoms with Crippen molar-refractivity contribution < 1.29 is 4.74 Å². The average Bonchev–Trinajstić information content (AvgIpc) is 2.43. The Morgan fingerprint density at radius 2 is 1.75 bits per heavy atom. The van der Waals surface area contributed by atoms with Gasteiger partial charge in [-0.15, -0.1) is 0 Å². The van der Waals surface area contributed by atoms with Gasteiger partial charge in [0.25, 0.3) is 0 Å². The zero-order valence-corrected chi connectivity index (χ0v) is 12.3. The molecule has 20 heavy (non-hydrogen) atoms. The van der Waals surface area contributed by atoms with Gasteiger partial charge in [-0.1, -0.05) is 12.1 Å². The van der Waals surface area contributed by atoms with Crippen molar-refractivity contribution in [1.82, 2.24) is 0 Å². The van der Waals surface area contributed by atoms with Crippen LogP contribution in [0.2, 0.25) is 0 Å². The molecule has 0 aromatic heterocycles. The lowest BCUT2D eigenvalue weighted by molar-refractivity contribution is 0.00753. The Morgan fingerprint density at radius 3 is 2.40 bits per heavy atom. The summed E-state index contributed by atoms with van der Waals surface area (Å²) in [4.78, 5) is 0. The van der Waals surface area contributed by atoms with E-state index in [1.54, 1.807) is 7.11 Å². The first-order valence-corrected chi connectivity index (χ1v) is 8.16. The molecule has 0 heterocycles. The van der Waals surface area contributed by atoms with Gasteiger partial charge in [0.1, 0.15) is 0 Å². The number of hydrogen-bond donors (Lipinski definition) is 1. The summed E-state index contributed by atoms with van der Waals surface area (Å²) in [7, 11) is 1.76. The molecule has 0 aliphatic heterocycles. The molecule has 2 heteroatoms. The molecule has 4 aliphatic rings. The maximum absolute atomic E-state index is 5.24. The highest BCUT2D eigenvalue weighted by Crippen LogP contribution is 2.54. The summed E-state index contributed by atoms with van der Waals surface area (Å²) in [5.41, 5.74) is 2.55. The third kappa shape index (κ3) is 2.24. The summed E-state index contributed by atoms with van der Waals surface area (Å²) in [5, 5.41) is 3.87. The zero-order chi connectivity index (χ0) is 13.5. The van der Waals surface area contributed by atoms with Gasteiger partial charge in [-0.25, -0.2) is 0 Å². The lowest BCUT2D eigenvalue weighted by Gasteiger charge is -2.54.